The summed E-state index contributed by atoms with van der Waals surface area (Å²) in [5.74, 6) is -2.13. The Morgan fingerprint density at radius 1 is 0.276 bits per heavy atom. The molecule has 0 saturated heterocycles. The van der Waals surface area contributed by atoms with Crippen LogP contribution in [0.5, 0.6) is 0 Å². The number of hydrogen-bond acceptors (Lipinski definition) is 15. The van der Waals surface area contributed by atoms with Gasteiger partial charge in [-0.2, -0.15) is 0 Å². The first-order valence-electron chi connectivity index (χ1n) is 40.6. The van der Waals surface area contributed by atoms with Crippen molar-refractivity contribution in [3.05, 3.63) is 24.3 Å². The second-order valence-corrected chi connectivity index (χ2v) is 30.6. The highest BCUT2D eigenvalue weighted by atomic mass is 31.2. The van der Waals surface area contributed by atoms with Crippen molar-refractivity contribution in [1.29, 1.82) is 0 Å². The van der Waals surface area contributed by atoms with Crippen molar-refractivity contribution in [2.45, 2.75) is 418 Å². The Morgan fingerprint density at radius 2 is 0.469 bits per heavy atom. The molecule has 98 heavy (non-hydrogen) atoms. The maximum absolute atomic E-state index is 13.1. The number of aliphatic hydroxyl groups is 1. The summed E-state index contributed by atoms with van der Waals surface area (Å²) in [6.07, 6.45) is 67.1. The Hall–Kier alpha value is -2.46. The molecular weight excluding hydrogens is 1280 g/mol. The van der Waals surface area contributed by atoms with Crippen molar-refractivity contribution in [3.63, 3.8) is 0 Å². The standard InChI is InChI=1S/C79H150O17P2/c1-5-9-13-17-21-25-29-33-36-40-44-48-52-56-60-64-77(82)90-70-75(96-79(84)66-62-58-54-50-46-42-38-35-31-27-23-19-15-11-7-3)72-94-98(87,88)92-68-73(80)67-91-97(85,86)93-71-74(69-89-76(81)63-59-55-51-47-43-39-32-28-24-20-16-12-8-4)95-78(83)65-61-57-53-49-45-41-37-34-30-26-22-18-14-10-6-2/h26,30,33,36,73-75,80H,5-25,27-29,31-32,34-35,37-72H2,1-4H3,(H,85,86)(H,87,88)/b30-26-,36-33-/t73-,74+,75+/m0/s1. The molecule has 0 rings (SSSR count). The van der Waals surface area contributed by atoms with E-state index in [4.69, 9.17) is 37.0 Å². The predicted molar refractivity (Wildman–Crippen MR) is 400 cm³/mol. The summed E-state index contributed by atoms with van der Waals surface area (Å²) in [5, 5.41) is 10.6. The molecule has 0 amide bonds. The van der Waals surface area contributed by atoms with E-state index < -0.39 is 97.5 Å². The lowest BCUT2D eigenvalue weighted by Gasteiger charge is -2.21. The van der Waals surface area contributed by atoms with Gasteiger partial charge in [0.1, 0.15) is 19.3 Å². The zero-order chi connectivity index (χ0) is 71.8. The molecule has 0 bridgehead atoms. The molecule has 2 unspecified atom stereocenters. The Balaban J connectivity index is 5.30. The molecule has 0 aromatic rings. The minimum Gasteiger partial charge on any atom is -0.462 e. The van der Waals surface area contributed by atoms with Crippen LogP contribution in [0.4, 0.5) is 0 Å². The number of carbonyl (C=O) groups is 4. The second kappa shape index (κ2) is 72.9. The van der Waals surface area contributed by atoms with Crippen LogP contribution in [0.25, 0.3) is 0 Å². The average Bonchev–Trinajstić information content (AvgIpc) is 1.05. The van der Waals surface area contributed by atoms with E-state index in [0.717, 1.165) is 135 Å². The summed E-state index contributed by atoms with van der Waals surface area (Å²) in [5.41, 5.74) is 0. The van der Waals surface area contributed by atoms with Crippen molar-refractivity contribution in [2.24, 2.45) is 0 Å². The van der Waals surface area contributed by atoms with Crippen LogP contribution >= 0.6 is 15.6 Å². The minimum atomic E-state index is -4.96. The van der Waals surface area contributed by atoms with E-state index in [1.165, 1.54) is 186 Å². The molecule has 0 fully saturated rings. The Bertz CT molecular complexity index is 1950. The monoisotopic (exact) mass is 1430 g/mol. The van der Waals surface area contributed by atoms with Gasteiger partial charge >= 0.3 is 39.5 Å². The molecule has 578 valence electrons. The van der Waals surface area contributed by atoms with Crippen LogP contribution in [0.15, 0.2) is 24.3 Å². The fraction of sp³-hybridized carbons (Fsp3) is 0.899. The van der Waals surface area contributed by atoms with Crippen LogP contribution in [0.2, 0.25) is 0 Å². The number of carbonyl (C=O) groups excluding carboxylic acids is 4. The average molecular weight is 1430 g/mol. The highest BCUT2D eigenvalue weighted by Gasteiger charge is 2.30. The van der Waals surface area contributed by atoms with Gasteiger partial charge in [-0.05, 0) is 77.0 Å². The van der Waals surface area contributed by atoms with Gasteiger partial charge in [-0.15, -0.1) is 0 Å². The maximum atomic E-state index is 13.1. The number of ether oxygens (including phenoxy) is 4. The van der Waals surface area contributed by atoms with Gasteiger partial charge in [0.15, 0.2) is 12.2 Å². The molecule has 0 aromatic carbocycles. The van der Waals surface area contributed by atoms with Gasteiger partial charge < -0.3 is 33.8 Å². The maximum Gasteiger partial charge on any atom is 0.472 e. The molecular formula is C79H150O17P2. The van der Waals surface area contributed by atoms with E-state index in [-0.39, 0.29) is 25.7 Å². The number of hydrogen-bond donors (Lipinski definition) is 3. The number of aliphatic hydroxyl groups excluding tert-OH is 1. The number of allylic oxidation sites excluding steroid dienone is 4. The normalized spacial score (nSPS) is 14.0. The molecule has 0 aliphatic rings. The highest BCUT2D eigenvalue weighted by molar-refractivity contribution is 7.47. The van der Waals surface area contributed by atoms with Crippen LogP contribution in [0, 0.1) is 0 Å². The Labute approximate surface area is 599 Å². The molecule has 0 heterocycles. The zero-order valence-electron chi connectivity index (χ0n) is 63.2. The largest absolute Gasteiger partial charge is 0.472 e. The molecule has 0 spiro atoms. The number of rotatable bonds is 78. The first-order chi connectivity index (χ1) is 47.7. The third kappa shape index (κ3) is 71.9. The van der Waals surface area contributed by atoms with Gasteiger partial charge in [0.25, 0.3) is 0 Å². The van der Waals surface area contributed by atoms with Gasteiger partial charge in [-0.25, -0.2) is 9.13 Å². The van der Waals surface area contributed by atoms with Crippen molar-refractivity contribution < 1.29 is 80.2 Å². The number of phosphoric acid groups is 2. The van der Waals surface area contributed by atoms with Crippen LogP contribution in [0.1, 0.15) is 400 Å². The van der Waals surface area contributed by atoms with Crippen molar-refractivity contribution in [1.82, 2.24) is 0 Å². The van der Waals surface area contributed by atoms with Crippen molar-refractivity contribution in [2.75, 3.05) is 39.6 Å². The molecule has 0 radical (unpaired) electrons. The summed E-state index contributed by atoms with van der Waals surface area (Å²) in [7, 11) is -9.93. The van der Waals surface area contributed by atoms with Crippen LogP contribution < -0.4 is 0 Å². The summed E-state index contributed by atoms with van der Waals surface area (Å²) in [6, 6.07) is 0. The minimum absolute atomic E-state index is 0.0987. The van der Waals surface area contributed by atoms with Crippen molar-refractivity contribution in [3.8, 4) is 0 Å². The lowest BCUT2D eigenvalue weighted by molar-refractivity contribution is -0.161. The van der Waals surface area contributed by atoms with Gasteiger partial charge in [-0.3, -0.25) is 37.3 Å². The molecule has 3 N–H and O–H groups in total. The fourth-order valence-corrected chi connectivity index (χ4v) is 13.3. The van der Waals surface area contributed by atoms with Crippen LogP contribution in [0.3, 0.4) is 0 Å². The quantitative estimate of drug-likeness (QED) is 0.0169. The lowest BCUT2D eigenvalue weighted by Crippen LogP contribution is -2.30. The summed E-state index contributed by atoms with van der Waals surface area (Å²) in [4.78, 5) is 73.0. The van der Waals surface area contributed by atoms with Gasteiger partial charge in [0, 0.05) is 25.7 Å². The predicted octanol–water partition coefficient (Wildman–Crippen LogP) is 23.3. The van der Waals surface area contributed by atoms with E-state index in [1.54, 1.807) is 0 Å². The van der Waals surface area contributed by atoms with Crippen LogP contribution in [-0.2, 0) is 65.4 Å². The van der Waals surface area contributed by atoms with Gasteiger partial charge in [0.2, 0.25) is 0 Å². The van der Waals surface area contributed by atoms with E-state index in [2.05, 4.69) is 52.0 Å². The number of unbranched alkanes of at least 4 members (excludes halogenated alkanes) is 48. The lowest BCUT2D eigenvalue weighted by atomic mass is 10.0. The molecule has 19 heteroatoms. The Morgan fingerprint density at radius 3 is 0.714 bits per heavy atom. The second-order valence-electron chi connectivity index (χ2n) is 27.7. The molecule has 0 aliphatic carbocycles. The van der Waals surface area contributed by atoms with E-state index in [9.17, 15) is 43.2 Å². The summed E-state index contributed by atoms with van der Waals surface area (Å²) in [6.45, 7) is 4.96. The number of esters is 4. The molecule has 0 saturated carbocycles. The van der Waals surface area contributed by atoms with Crippen molar-refractivity contribution >= 4 is 39.5 Å². The Kier molecular flexibility index (Phi) is 71.0. The summed E-state index contributed by atoms with van der Waals surface area (Å²) >= 11 is 0. The first kappa shape index (κ1) is 95.5. The third-order valence-electron chi connectivity index (χ3n) is 17.9. The van der Waals surface area contributed by atoms with Gasteiger partial charge in [-0.1, -0.05) is 322 Å². The first-order valence-corrected chi connectivity index (χ1v) is 43.6. The summed E-state index contributed by atoms with van der Waals surface area (Å²) < 4.78 is 68.6. The van der Waals surface area contributed by atoms with Crippen LogP contribution in [-0.4, -0.2) is 96.7 Å². The molecule has 17 nitrogen and oxygen atoms in total. The van der Waals surface area contributed by atoms with Gasteiger partial charge in [0.05, 0.1) is 26.4 Å². The topological polar surface area (TPSA) is 237 Å². The SMILES string of the molecule is CCCCCC/C=C\CCCCCCCCCC(=O)O[C@H](COC(=O)CCCCCCCCCCCCCCC)COP(=O)(O)OC[C@H](O)COP(=O)(O)OC[C@@H](COC(=O)CCCCCCC/C=C\CCCCCCCC)OC(=O)CCCCCCCCCCCCCCCCC. The van der Waals surface area contributed by atoms with E-state index >= 15 is 0 Å². The molecule has 5 atom stereocenters. The van der Waals surface area contributed by atoms with E-state index in [0.29, 0.717) is 25.7 Å². The third-order valence-corrected chi connectivity index (χ3v) is 19.8. The van der Waals surface area contributed by atoms with E-state index in [1.807, 2.05) is 0 Å². The fourth-order valence-electron chi connectivity index (χ4n) is 11.7. The number of phosphoric ester groups is 2. The highest BCUT2D eigenvalue weighted by Crippen LogP contribution is 2.45. The smallest absolute Gasteiger partial charge is 0.462 e. The zero-order valence-corrected chi connectivity index (χ0v) is 65.0. The molecule has 0 aromatic heterocycles. The molecule has 0 aliphatic heterocycles.